The van der Waals surface area contributed by atoms with Crippen molar-refractivity contribution in [3.63, 3.8) is 0 Å². The van der Waals surface area contributed by atoms with Crippen LogP contribution in [0.2, 0.25) is 0 Å². The number of unbranched alkanes of at least 4 members (excludes halogenated alkanes) is 4. The molecule has 1 rings (SSSR count). The maximum atomic E-state index is 5.96. The van der Waals surface area contributed by atoms with Crippen molar-refractivity contribution in [2.45, 2.75) is 65.0 Å². The van der Waals surface area contributed by atoms with Gasteiger partial charge in [-0.25, -0.2) is 0 Å². The van der Waals surface area contributed by atoms with E-state index in [4.69, 9.17) is 14.9 Å². The molecule has 0 aliphatic carbocycles. The van der Waals surface area contributed by atoms with Crippen LogP contribution in [0.4, 0.5) is 0 Å². The van der Waals surface area contributed by atoms with E-state index in [0.717, 1.165) is 24.5 Å². The number of nitrogens with two attached hydrogens (primary N) is 1. The minimum absolute atomic E-state index is 0.0498. The first-order valence-electron chi connectivity index (χ1n) is 7.08. The number of ether oxygens (including phenoxy) is 1. The molecule has 2 unspecified atom stereocenters. The van der Waals surface area contributed by atoms with Gasteiger partial charge in [0.1, 0.15) is 17.6 Å². The van der Waals surface area contributed by atoms with Gasteiger partial charge in [0.25, 0.3) is 0 Å². The van der Waals surface area contributed by atoms with Crippen molar-refractivity contribution in [3.8, 4) is 0 Å². The minimum atomic E-state index is -0.120. The standard InChI is InChI=1S/C15H27NO2/c1-4-5-6-7-8-11-17-15(13(3)16)14-10-9-12(2)18-14/h9-10,13,15H,4-8,11,16H2,1-3H3. The van der Waals surface area contributed by atoms with E-state index in [1.165, 1.54) is 25.7 Å². The Bertz CT molecular complexity index is 320. The van der Waals surface area contributed by atoms with Crippen LogP contribution >= 0.6 is 0 Å². The Morgan fingerprint density at radius 1 is 1.22 bits per heavy atom. The van der Waals surface area contributed by atoms with Crippen molar-refractivity contribution < 1.29 is 9.15 Å². The third-order valence-corrected chi connectivity index (χ3v) is 3.06. The van der Waals surface area contributed by atoms with Gasteiger partial charge >= 0.3 is 0 Å². The molecule has 1 heterocycles. The minimum Gasteiger partial charge on any atom is -0.464 e. The highest BCUT2D eigenvalue weighted by atomic mass is 16.5. The predicted octanol–water partition coefficient (Wildman–Crippen LogP) is 3.96. The summed E-state index contributed by atoms with van der Waals surface area (Å²) in [4.78, 5) is 0. The van der Waals surface area contributed by atoms with Gasteiger partial charge in [0, 0.05) is 12.6 Å². The number of rotatable bonds is 9. The van der Waals surface area contributed by atoms with Crippen LogP contribution < -0.4 is 5.73 Å². The molecule has 0 radical (unpaired) electrons. The summed E-state index contributed by atoms with van der Waals surface area (Å²) in [5.41, 5.74) is 5.96. The maximum absolute atomic E-state index is 5.96. The second kappa shape index (κ2) is 8.33. The molecule has 1 aromatic rings. The van der Waals surface area contributed by atoms with Crippen LogP contribution in [0.15, 0.2) is 16.5 Å². The molecule has 0 spiro atoms. The molecule has 0 aromatic carbocycles. The molecule has 104 valence electrons. The summed E-state index contributed by atoms with van der Waals surface area (Å²) in [6.07, 6.45) is 6.09. The molecular weight excluding hydrogens is 226 g/mol. The lowest BCUT2D eigenvalue weighted by Crippen LogP contribution is -2.27. The Balaban J connectivity index is 2.31. The van der Waals surface area contributed by atoms with Gasteiger partial charge in [-0.1, -0.05) is 32.6 Å². The van der Waals surface area contributed by atoms with E-state index in [1.807, 2.05) is 26.0 Å². The fraction of sp³-hybridized carbons (Fsp3) is 0.733. The van der Waals surface area contributed by atoms with Crippen molar-refractivity contribution in [3.05, 3.63) is 23.7 Å². The average Bonchev–Trinajstić information content (AvgIpc) is 2.74. The largest absolute Gasteiger partial charge is 0.464 e. The zero-order chi connectivity index (χ0) is 13.4. The molecule has 0 aliphatic heterocycles. The third-order valence-electron chi connectivity index (χ3n) is 3.06. The normalized spacial score (nSPS) is 14.7. The van der Waals surface area contributed by atoms with Gasteiger partial charge < -0.3 is 14.9 Å². The highest BCUT2D eigenvalue weighted by Crippen LogP contribution is 2.23. The Labute approximate surface area is 111 Å². The van der Waals surface area contributed by atoms with Crippen molar-refractivity contribution >= 4 is 0 Å². The summed E-state index contributed by atoms with van der Waals surface area (Å²) in [6, 6.07) is 3.86. The first-order chi connectivity index (χ1) is 8.65. The van der Waals surface area contributed by atoms with Gasteiger partial charge in [-0.05, 0) is 32.4 Å². The van der Waals surface area contributed by atoms with Crippen LogP contribution in [0.3, 0.4) is 0 Å². The van der Waals surface area contributed by atoms with Gasteiger partial charge in [0.05, 0.1) is 0 Å². The fourth-order valence-electron chi connectivity index (χ4n) is 2.02. The monoisotopic (exact) mass is 253 g/mol. The van der Waals surface area contributed by atoms with E-state index in [9.17, 15) is 0 Å². The van der Waals surface area contributed by atoms with Crippen LogP contribution in [0.1, 0.15) is 63.6 Å². The number of furan rings is 1. The molecule has 2 N–H and O–H groups in total. The molecule has 0 fully saturated rings. The van der Waals surface area contributed by atoms with Gasteiger partial charge in [0.15, 0.2) is 0 Å². The van der Waals surface area contributed by atoms with Crippen molar-refractivity contribution in [2.24, 2.45) is 5.73 Å². The Morgan fingerprint density at radius 3 is 2.50 bits per heavy atom. The highest BCUT2D eigenvalue weighted by molar-refractivity contribution is 5.09. The molecule has 0 aliphatic rings. The number of aryl methyl sites for hydroxylation is 1. The predicted molar refractivity (Wildman–Crippen MR) is 74.5 cm³/mol. The number of hydrogen-bond donors (Lipinski definition) is 1. The summed E-state index contributed by atoms with van der Waals surface area (Å²) in [5.74, 6) is 1.75. The molecule has 3 nitrogen and oxygen atoms in total. The van der Waals surface area contributed by atoms with Gasteiger partial charge in [0.2, 0.25) is 0 Å². The third kappa shape index (κ3) is 5.23. The van der Waals surface area contributed by atoms with Crippen LogP contribution in [0.5, 0.6) is 0 Å². The summed E-state index contributed by atoms with van der Waals surface area (Å²) in [6.45, 7) is 6.88. The van der Waals surface area contributed by atoms with Crippen LogP contribution in [0, 0.1) is 6.92 Å². The Kier molecular flexibility index (Phi) is 7.06. The van der Waals surface area contributed by atoms with E-state index in [-0.39, 0.29) is 12.1 Å². The molecule has 3 heteroatoms. The summed E-state index contributed by atoms with van der Waals surface area (Å²) >= 11 is 0. The lowest BCUT2D eigenvalue weighted by atomic mass is 10.1. The molecule has 0 saturated heterocycles. The average molecular weight is 253 g/mol. The molecule has 0 amide bonds. The number of hydrogen-bond acceptors (Lipinski definition) is 3. The van der Waals surface area contributed by atoms with Crippen molar-refractivity contribution in [2.75, 3.05) is 6.61 Å². The maximum Gasteiger partial charge on any atom is 0.134 e. The molecule has 1 aromatic heterocycles. The lowest BCUT2D eigenvalue weighted by molar-refractivity contribution is 0.0211. The Morgan fingerprint density at radius 2 is 1.94 bits per heavy atom. The van der Waals surface area contributed by atoms with Crippen molar-refractivity contribution in [1.82, 2.24) is 0 Å². The highest BCUT2D eigenvalue weighted by Gasteiger charge is 2.19. The first-order valence-corrected chi connectivity index (χ1v) is 7.08. The molecule has 18 heavy (non-hydrogen) atoms. The SMILES string of the molecule is CCCCCCCOC(c1ccc(C)o1)C(C)N. The summed E-state index contributed by atoms with van der Waals surface area (Å²) in [5, 5.41) is 0. The zero-order valence-corrected chi connectivity index (χ0v) is 11.9. The van der Waals surface area contributed by atoms with E-state index >= 15 is 0 Å². The van der Waals surface area contributed by atoms with E-state index in [0.29, 0.717) is 0 Å². The molecule has 0 bridgehead atoms. The van der Waals surface area contributed by atoms with Gasteiger partial charge in [-0.2, -0.15) is 0 Å². The second-order valence-corrected chi connectivity index (χ2v) is 5.01. The topological polar surface area (TPSA) is 48.4 Å². The van der Waals surface area contributed by atoms with Crippen LogP contribution in [0.25, 0.3) is 0 Å². The summed E-state index contributed by atoms with van der Waals surface area (Å²) in [7, 11) is 0. The second-order valence-electron chi connectivity index (χ2n) is 5.01. The molecule has 0 saturated carbocycles. The van der Waals surface area contributed by atoms with Crippen molar-refractivity contribution in [1.29, 1.82) is 0 Å². The quantitative estimate of drug-likeness (QED) is 0.677. The smallest absolute Gasteiger partial charge is 0.134 e. The van der Waals surface area contributed by atoms with Gasteiger partial charge in [-0.15, -0.1) is 0 Å². The fourth-order valence-corrected chi connectivity index (χ4v) is 2.02. The zero-order valence-electron chi connectivity index (χ0n) is 11.9. The molecular formula is C15H27NO2. The Hall–Kier alpha value is -0.800. The van der Waals surface area contributed by atoms with E-state index in [2.05, 4.69) is 6.92 Å². The van der Waals surface area contributed by atoms with Gasteiger partial charge in [-0.3, -0.25) is 0 Å². The van der Waals surface area contributed by atoms with Crippen LogP contribution in [-0.2, 0) is 4.74 Å². The van der Waals surface area contributed by atoms with E-state index in [1.54, 1.807) is 0 Å². The first kappa shape index (κ1) is 15.3. The van der Waals surface area contributed by atoms with Crippen LogP contribution in [-0.4, -0.2) is 12.6 Å². The molecule has 2 atom stereocenters. The lowest BCUT2D eigenvalue weighted by Gasteiger charge is -2.19. The van der Waals surface area contributed by atoms with E-state index < -0.39 is 0 Å². The summed E-state index contributed by atoms with van der Waals surface area (Å²) < 4.78 is 11.5.